The van der Waals surface area contributed by atoms with Crippen LogP contribution in [0.3, 0.4) is 0 Å². The van der Waals surface area contributed by atoms with Gasteiger partial charge in [-0.1, -0.05) is 0 Å². The quantitative estimate of drug-likeness (QED) is 0.907. The Balaban J connectivity index is 2.22. The third-order valence-electron chi connectivity index (χ3n) is 2.81. The van der Waals surface area contributed by atoms with Crippen molar-refractivity contribution in [3.63, 3.8) is 0 Å². The molecule has 0 bridgehead atoms. The van der Waals surface area contributed by atoms with Crippen LogP contribution in [-0.2, 0) is 5.75 Å². The average molecular weight is 296 g/mol. The van der Waals surface area contributed by atoms with Crippen LogP contribution in [0.15, 0.2) is 0 Å². The molecule has 4 N–H and O–H groups in total. The van der Waals surface area contributed by atoms with Crippen molar-refractivity contribution < 1.29 is 0 Å². The fourth-order valence-electron chi connectivity index (χ4n) is 1.80. The number of thioether (sulfide) groups is 1. The van der Waals surface area contributed by atoms with Crippen LogP contribution in [0.5, 0.6) is 0 Å². The predicted molar refractivity (Wildman–Crippen MR) is 85.7 cm³/mol. The minimum Gasteiger partial charge on any atom is -0.383 e. The summed E-state index contributed by atoms with van der Waals surface area (Å²) in [6.07, 6.45) is 0. The Morgan fingerprint density at radius 2 is 1.95 bits per heavy atom. The number of thiophene rings is 1. The predicted octanol–water partition coefficient (Wildman–Crippen LogP) is 2.86. The molecule has 0 saturated carbocycles. The number of nitrogens with two attached hydrogens (primary N) is 2. The minimum atomic E-state index is -0.170. The number of rotatable bonds is 4. The lowest BCUT2D eigenvalue weighted by Gasteiger charge is -2.17. The van der Waals surface area contributed by atoms with Crippen molar-refractivity contribution in [1.29, 1.82) is 0 Å². The Morgan fingerprint density at radius 1 is 1.26 bits per heavy atom. The number of hydrogen-bond acceptors (Lipinski definition) is 6. The molecule has 0 aliphatic rings. The second kappa shape index (κ2) is 5.26. The molecule has 0 spiro atoms. The first-order chi connectivity index (χ1) is 8.78. The van der Waals surface area contributed by atoms with Crippen molar-refractivity contribution in [2.24, 2.45) is 5.73 Å². The van der Waals surface area contributed by atoms with E-state index in [9.17, 15) is 0 Å². The molecule has 2 rings (SSSR count). The van der Waals surface area contributed by atoms with Crippen LogP contribution in [0.1, 0.15) is 30.1 Å². The van der Waals surface area contributed by atoms with Crippen LogP contribution < -0.4 is 11.5 Å². The van der Waals surface area contributed by atoms with Gasteiger partial charge in [0, 0.05) is 16.2 Å². The van der Waals surface area contributed by atoms with Gasteiger partial charge >= 0.3 is 0 Å². The van der Waals surface area contributed by atoms with E-state index in [1.165, 1.54) is 10.4 Å². The summed E-state index contributed by atoms with van der Waals surface area (Å²) < 4.78 is 0. The first kappa shape index (κ1) is 14.6. The van der Waals surface area contributed by atoms with E-state index in [4.69, 9.17) is 11.5 Å². The molecule has 2 aromatic heterocycles. The number of aromatic nitrogens is 2. The fraction of sp³-hybridized carbons (Fsp3) is 0.538. The summed E-state index contributed by atoms with van der Waals surface area (Å²) in [6.45, 7) is 8.19. The maximum absolute atomic E-state index is 6.05. The van der Waals surface area contributed by atoms with Gasteiger partial charge in [-0.05, 0) is 33.3 Å². The van der Waals surface area contributed by atoms with Crippen molar-refractivity contribution >= 4 is 39.1 Å². The van der Waals surface area contributed by atoms with Crippen molar-refractivity contribution in [3.05, 3.63) is 16.3 Å². The maximum Gasteiger partial charge on any atom is 0.142 e. The number of anilines is 1. The number of aryl methyl sites for hydroxylation is 2. The molecule has 104 valence electrons. The number of hydrogen-bond donors (Lipinski definition) is 2. The van der Waals surface area contributed by atoms with Gasteiger partial charge in [0.05, 0.1) is 11.1 Å². The normalized spacial score (nSPS) is 12.3. The summed E-state index contributed by atoms with van der Waals surface area (Å²) in [5, 5.41) is 1.01. The van der Waals surface area contributed by atoms with E-state index in [-0.39, 0.29) is 5.54 Å². The van der Waals surface area contributed by atoms with Gasteiger partial charge < -0.3 is 11.5 Å². The first-order valence-corrected chi connectivity index (χ1v) is 8.14. The second-order valence-electron chi connectivity index (χ2n) is 5.47. The minimum absolute atomic E-state index is 0.170. The molecule has 0 radical (unpaired) electrons. The molecule has 0 aliphatic carbocycles. The fourth-order valence-corrected chi connectivity index (χ4v) is 3.79. The number of nitrogens with zero attached hydrogens (tertiary/aromatic N) is 2. The van der Waals surface area contributed by atoms with Gasteiger partial charge in [0.15, 0.2) is 0 Å². The average Bonchev–Trinajstić information content (AvgIpc) is 2.53. The van der Waals surface area contributed by atoms with E-state index in [1.54, 1.807) is 23.1 Å². The third-order valence-corrected chi connectivity index (χ3v) is 5.32. The number of fused-ring (bicyclic) bond motifs is 1. The van der Waals surface area contributed by atoms with Crippen LogP contribution in [0.25, 0.3) is 10.2 Å². The van der Waals surface area contributed by atoms with E-state index >= 15 is 0 Å². The van der Waals surface area contributed by atoms with Crippen molar-refractivity contribution in [2.45, 2.75) is 39.0 Å². The summed E-state index contributed by atoms with van der Waals surface area (Å²) in [5.74, 6) is 3.00. The van der Waals surface area contributed by atoms with Gasteiger partial charge in [-0.15, -0.1) is 11.3 Å². The monoisotopic (exact) mass is 296 g/mol. The molecule has 6 heteroatoms. The highest BCUT2D eigenvalue weighted by Gasteiger charge is 2.14. The van der Waals surface area contributed by atoms with Crippen LogP contribution in [0.4, 0.5) is 5.82 Å². The Hall–Kier alpha value is -0.850. The molecular weight excluding hydrogens is 276 g/mol. The van der Waals surface area contributed by atoms with Gasteiger partial charge in [0.25, 0.3) is 0 Å². The first-order valence-electron chi connectivity index (χ1n) is 6.16. The lowest BCUT2D eigenvalue weighted by molar-refractivity contribution is 0.591. The zero-order chi connectivity index (χ0) is 14.2. The highest BCUT2D eigenvalue weighted by atomic mass is 32.2. The molecule has 4 nitrogen and oxygen atoms in total. The van der Waals surface area contributed by atoms with Gasteiger partial charge in [-0.25, -0.2) is 9.97 Å². The highest BCUT2D eigenvalue weighted by molar-refractivity contribution is 7.98. The largest absolute Gasteiger partial charge is 0.383 e. The molecular formula is C13H20N4S2. The van der Waals surface area contributed by atoms with Crippen LogP contribution in [0, 0.1) is 13.8 Å². The van der Waals surface area contributed by atoms with E-state index in [1.807, 2.05) is 13.8 Å². The maximum atomic E-state index is 6.05. The van der Waals surface area contributed by atoms with Crippen molar-refractivity contribution in [3.8, 4) is 0 Å². The molecule has 19 heavy (non-hydrogen) atoms. The Morgan fingerprint density at radius 3 is 2.58 bits per heavy atom. The summed E-state index contributed by atoms with van der Waals surface area (Å²) >= 11 is 3.42. The molecule has 0 saturated heterocycles. The van der Waals surface area contributed by atoms with E-state index in [2.05, 4.69) is 23.8 Å². The standard InChI is InChI=1S/C13H20N4S2/c1-7-8(2)19-12-10(7)11(14)16-9(17-12)5-18-6-13(3,4)15/h5-6,15H2,1-4H3,(H2,14,16,17). The topological polar surface area (TPSA) is 77.8 Å². The van der Waals surface area contributed by atoms with Gasteiger partial charge in [-0.3, -0.25) is 0 Å². The van der Waals surface area contributed by atoms with E-state index < -0.39 is 0 Å². The molecule has 0 aliphatic heterocycles. The lowest BCUT2D eigenvalue weighted by atomic mass is 10.1. The summed E-state index contributed by atoms with van der Waals surface area (Å²) in [6, 6.07) is 0. The summed E-state index contributed by atoms with van der Waals surface area (Å²) in [5.41, 5.74) is 13.0. The van der Waals surface area contributed by atoms with E-state index in [0.29, 0.717) is 5.82 Å². The molecule has 0 atom stereocenters. The molecule has 0 amide bonds. The zero-order valence-electron chi connectivity index (χ0n) is 11.8. The van der Waals surface area contributed by atoms with Gasteiger partial charge in [-0.2, -0.15) is 11.8 Å². The molecule has 2 heterocycles. The molecule has 2 aromatic rings. The molecule has 0 aromatic carbocycles. The van der Waals surface area contributed by atoms with Crippen LogP contribution >= 0.6 is 23.1 Å². The lowest BCUT2D eigenvalue weighted by Crippen LogP contribution is -2.34. The Bertz CT molecular complexity index is 599. The Labute approximate surface area is 122 Å². The van der Waals surface area contributed by atoms with Crippen molar-refractivity contribution in [1.82, 2.24) is 9.97 Å². The third kappa shape index (κ3) is 3.38. The highest BCUT2D eigenvalue weighted by Crippen LogP contribution is 2.32. The molecule has 0 fully saturated rings. The second-order valence-corrected chi connectivity index (χ2v) is 7.66. The molecule has 0 unspecified atom stereocenters. The van der Waals surface area contributed by atoms with Gasteiger partial charge in [0.2, 0.25) is 0 Å². The summed E-state index contributed by atoms with van der Waals surface area (Å²) in [4.78, 5) is 11.3. The SMILES string of the molecule is Cc1sc2nc(CSCC(C)(C)N)nc(N)c2c1C. The zero-order valence-corrected chi connectivity index (χ0v) is 13.4. The number of nitrogen functional groups attached to an aromatic ring is 1. The van der Waals surface area contributed by atoms with Crippen LogP contribution in [0.2, 0.25) is 0 Å². The van der Waals surface area contributed by atoms with Crippen LogP contribution in [-0.4, -0.2) is 21.3 Å². The van der Waals surface area contributed by atoms with E-state index in [0.717, 1.165) is 27.5 Å². The Kier molecular flexibility index (Phi) is 4.03. The smallest absolute Gasteiger partial charge is 0.142 e. The summed E-state index contributed by atoms with van der Waals surface area (Å²) in [7, 11) is 0. The van der Waals surface area contributed by atoms with Gasteiger partial charge in [0.1, 0.15) is 16.5 Å². The van der Waals surface area contributed by atoms with Crippen molar-refractivity contribution in [2.75, 3.05) is 11.5 Å².